The molecular formula is C18H20ClF3N2O2. The highest BCUT2D eigenvalue weighted by Gasteiger charge is 2.58. The third-order valence-corrected chi connectivity index (χ3v) is 5.36. The van der Waals surface area contributed by atoms with Crippen LogP contribution < -0.4 is 5.32 Å². The maximum Gasteiger partial charge on any atom is 0.416 e. The first-order valence-electron chi connectivity index (χ1n) is 8.72. The number of hydrogen-bond acceptors (Lipinski definition) is 2. The summed E-state index contributed by atoms with van der Waals surface area (Å²) in [5.41, 5.74) is -2.19. The van der Waals surface area contributed by atoms with E-state index in [0.717, 1.165) is 43.9 Å². The molecule has 0 atom stereocenters. The molecule has 1 saturated carbocycles. The van der Waals surface area contributed by atoms with Crippen LogP contribution >= 0.6 is 11.6 Å². The van der Waals surface area contributed by atoms with E-state index < -0.39 is 23.1 Å². The molecule has 1 heterocycles. The number of carbonyl (C=O) groups is 2. The van der Waals surface area contributed by atoms with Crippen LogP contribution in [-0.2, 0) is 15.8 Å². The summed E-state index contributed by atoms with van der Waals surface area (Å²) < 4.78 is 38.6. The van der Waals surface area contributed by atoms with E-state index >= 15 is 0 Å². The molecule has 0 spiro atoms. The fourth-order valence-electron chi connectivity index (χ4n) is 3.28. The van der Waals surface area contributed by atoms with Crippen LogP contribution in [0.3, 0.4) is 0 Å². The molecule has 3 rings (SSSR count). The quantitative estimate of drug-likeness (QED) is 0.776. The van der Waals surface area contributed by atoms with E-state index in [-0.39, 0.29) is 16.6 Å². The predicted octanol–water partition coefficient (Wildman–Crippen LogP) is 4.48. The Bertz CT molecular complexity index is 709. The van der Waals surface area contributed by atoms with Crippen molar-refractivity contribution in [1.82, 2.24) is 4.90 Å². The molecule has 1 aliphatic carbocycles. The fraction of sp³-hybridized carbons (Fsp3) is 0.556. The van der Waals surface area contributed by atoms with Gasteiger partial charge in [0.15, 0.2) is 0 Å². The summed E-state index contributed by atoms with van der Waals surface area (Å²) in [6.07, 6.45) is 0.204. The molecule has 1 aromatic rings. The van der Waals surface area contributed by atoms with Crippen molar-refractivity contribution in [1.29, 1.82) is 0 Å². The van der Waals surface area contributed by atoms with Gasteiger partial charge in [-0.15, -0.1) is 0 Å². The van der Waals surface area contributed by atoms with Gasteiger partial charge in [0, 0.05) is 13.1 Å². The normalized spacial score (nSPS) is 19.6. The van der Waals surface area contributed by atoms with Crippen LogP contribution in [0.5, 0.6) is 0 Å². The third-order valence-electron chi connectivity index (χ3n) is 5.03. The molecule has 0 unspecified atom stereocenters. The van der Waals surface area contributed by atoms with Crippen LogP contribution in [-0.4, -0.2) is 29.8 Å². The molecule has 0 bridgehead atoms. The molecule has 142 valence electrons. The number of amides is 2. The number of halogens is 4. The Hall–Kier alpha value is -1.76. The maximum atomic E-state index is 12.9. The van der Waals surface area contributed by atoms with Crippen molar-refractivity contribution >= 4 is 29.1 Å². The average Bonchev–Trinajstić information content (AvgIpc) is 3.40. The van der Waals surface area contributed by atoms with Crippen molar-refractivity contribution in [2.45, 2.75) is 44.7 Å². The number of benzene rings is 1. The second-order valence-corrected chi connectivity index (χ2v) is 7.34. The summed E-state index contributed by atoms with van der Waals surface area (Å²) in [6.45, 7) is 1.25. The Morgan fingerprint density at radius 3 is 2.23 bits per heavy atom. The smallest absolute Gasteiger partial charge is 0.342 e. The lowest BCUT2D eigenvalue weighted by molar-refractivity contribution is -0.142. The summed E-state index contributed by atoms with van der Waals surface area (Å²) in [6, 6.07) is 2.75. The van der Waals surface area contributed by atoms with Crippen LogP contribution in [0.15, 0.2) is 18.2 Å². The highest BCUT2D eigenvalue weighted by atomic mass is 35.5. The van der Waals surface area contributed by atoms with Crippen molar-refractivity contribution in [2.24, 2.45) is 5.41 Å². The number of nitrogens with one attached hydrogen (secondary N) is 1. The zero-order valence-corrected chi connectivity index (χ0v) is 14.9. The molecule has 2 aliphatic rings. The van der Waals surface area contributed by atoms with Crippen molar-refractivity contribution < 1.29 is 22.8 Å². The van der Waals surface area contributed by atoms with Gasteiger partial charge in [-0.2, -0.15) is 13.2 Å². The van der Waals surface area contributed by atoms with Gasteiger partial charge in [0.2, 0.25) is 11.8 Å². The second kappa shape index (κ2) is 7.10. The van der Waals surface area contributed by atoms with E-state index in [1.165, 1.54) is 0 Å². The Labute approximate surface area is 154 Å². The fourth-order valence-corrected chi connectivity index (χ4v) is 3.44. The van der Waals surface area contributed by atoms with Crippen molar-refractivity contribution in [3.8, 4) is 0 Å². The highest BCUT2D eigenvalue weighted by molar-refractivity contribution is 6.34. The van der Waals surface area contributed by atoms with Crippen molar-refractivity contribution in [3.63, 3.8) is 0 Å². The minimum Gasteiger partial charge on any atom is -0.342 e. The first-order chi connectivity index (χ1) is 12.2. The number of carbonyl (C=O) groups excluding carboxylic acids is 2. The van der Waals surface area contributed by atoms with Crippen LogP contribution in [0.4, 0.5) is 18.9 Å². The minimum atomic E-state index is -4.54. The number of likely N-dealkylation sites (tertiary alicyclic amines) is 1. The standard InChI is InChI=1S/C18H20ClF3N2O2/c19-13-6-5-12(18(20,21)22)11-14(13)23-15(25)17(7-8-17)16(26)24-9-3-1-2-4-10-24/h5-6,11H,1-4,7-10H2,(H,23,25). The first kappa shape index (κ1) is 19.0. The zero-order chi connectivity index (χ0) is 18.9. The maximum absolute atomic E-state index is 12.9. The van der Waals surface area contributed by atoms with E-state index in [9.17, 15) is 22.8 Å². The monoisotopic (exact) mass is 388 g/mol. The minimum absolute atomic E-state index is 0.00405. The summed E-state index contributed by atoms with van der Waals surface area (Å²) >= 11 is 5.93. The number of hydrogen-bond donors (Lipinski definition) is 1. The van der Waals surface area contributed by atoms with Gasteiger partial charge in [-0.05, 0) is 43.9 Å². The van der Waals surface area contributed by atoms with E-state index in [4.69, 9.17) is 11.6 Å². The topological polar surface area (TPSA) is 49.4 Å². The summed E-state index contributed by atoms with van der Waals surface area (Å²) in [7, 11) is 0. The predicted molar refractivity (Wildman–Crippen MR) is 91.8 cm³/mol. The van der Waals surface area contributed by atoms with Crippen LogP contribution in [0.1, 0.15) is 44.1 Å². The highest BCUT2D eigenvalue weighted by Crippen LogP contribution is 2.49. The number of nitrogens with zero attached hydrogens (tertiary/aromatic N) is 1. The SMILES string of the molecule is O=C(Nc1cc(C(F)(F)F)ccc1Cl)C1(C(=O)N2CCCCCC2)CC1. The number of alkyl halides is 3. The summed E-state index contributed by atoms with van der Waals surface area (Å²) in [4.78, 5) is 27.2. The lowest BCUT2D eigenvalue weighted by atomic mass is 10.0. The molecule has 1 N–H and O–H groups in total. The van der Waals surface area contributed by atoms with Gasteiger partial charge in [0.25, 0.3) is 0 Å². The van der Waals surface area contributed by atoms with Crippen LogP contribution in [0.25, 0.3) is 0 Å². The van der Waals surface area contributed by atoms with Gasteiger partial charge in [-0.1, -0.05) is 24.4 Å². The third kappa shape index (κ3) is 3.82. The zero-order valence-electron chi connectivity index (χ0n) is 14.2. The average molecular weight is 389 g/mol. The number of rotatable bonds is 3. The summed E-state index contributed by atoms with van der Waals surface area (Å²) in [5.74, 6) is -0.798. The Morgan fingerprint density at radius 1 is 1.08 bits per heavy atom. The second-order valence-electron chi connectivity index (χ2n) is 6.94. The van der Waals surface area contributed by atoms with Crippen LogP contribution in [0, 0.1) is 5.41 Å². The Morgan fingerprint density at radius 2 is 1.69 bits per heavy atom. The van der Waals surface area contributed by atoms with E-state index in [1.807, 2.05) is 0 Å². The molecule has 1 saturated heterocycles. The van der Waals surface area contributed by atoms with Gasteiger partial charge in [-0.3, -0.25) is 9.59 Å². The summed E-state index contributed by atoms with van der Waals surface area (Å²) in [5, 5.41) is 2.45. The van der Waals surface area contributed by atoms with Crippen molar-refractivity contribution in [2.75, 3.05) is 18.4 Å². The largest absolute Gasteiger partial charge is 0.416 e. The van der Waals surface area contributed by atoms with Crippen molar-refractivity contribution in [3.05, 3.63) is 28.8 Å². The van der Waals surface area contributed by atoms with Gasteiger partial charge < -0.3 is 10.2 Å². The van der Waals surface area contributed by atoms with Gasteiger partial charge in [0.1, 0.15) is 5.41 Å². The molecular weight excluding hydrogens is 369 g/mol. The van der Waals surface area contributed by atoms with E-state index in [0.29, 0.717) is 25.9 Å². The molecule has 1 aliphatic heterocycles. The first-order valence-corrected chi connectivity index (χ1v) is 9.09. The molecule has 2 fully saturated rings. The Kier molecular flexibility index (Phi) is 5.19. The lowest BCUT2D eigenvalue weighted by Gasteiger charge is -2.25. The van der Waals surface area contributed by atoms with Gasteiger partial charge >= 0.3 is 6.18 Å². The lowest BCUT2D eigenvalue weighted by Crippen LogP contribution is -2.43. The molecule has 2 amide bonds. The Balaban J connectivity index is 1.76. The van der Waals surface area contributed by atoms with Crippen LogP contribution in [0.2, 0.25) is 5.02 Å². The molecule has 26 heavy (non-hydrogen) atoms. The molecule has 0 radical (unpaired) electrons. The van der Waals surface area contributed by atoms with E-state index in [1.54, 1.807) is 4.90 Å². The molecule has 1 aromatic carbocycles. The van der Waals surface area contributed by atoms with E-state index in [2.05, 4.69) is 5.32 Å². The number of anilines is 1. The molecule has 0 aromatic heterocycles. The molecule has 4 nitrogen and oxygen atoms in total. The molecule has 8 heteroatoms. The van der Waals surface area contributed by atoms with Gasteiger partial charge in [0.05, 0.1) is 16.3 Å². The van der Waals surface area contributed by atoms with Gasteiger partial charge in [-0.25, -0.2) is 0 Å².